The van der Waals surface area contributed by atoms with Gasteiger partial charge in [-0.2, -0.15) is 13.2 Å². The summed E-state index contributed by atoms with van der Waals surface area (Å²) in [6.45, 7) is 2.80. The first-order valence-electron chi connectivity index (χ1n) is 16.7. The number of amides is 2. The minimum absolute atomic E-state index is 0.0270. The van der Waals surface area contributed by atoms with Gasteiger partial charge in [0.15, 0.2) is 34.7 Å². The molecule has 0 bridgehead atoms. The smallest absolute Gasteiger partial charge is 0.471 e. The highest BCUT2D eigenvalue weighted by atomic mass is 127. The molecule has 2 aromatic carbocycles. The molecule has 0 unspecified atom stereocenters. The van der Waals surface area contributed by atoms with Gasteiger partial charge in [0.2, 0.25) is 5.91 Å². The Morgan fingerprint density at radius 2 is 1.66 bits per heavy atom. The predicted molar refractivity (Wildman–Crippen MR) is 230 cm³/mol. The number of nitrogens with one attached hydrogen (secondary N) is 3. The molecule has 26 heteroatoms. The van der Waals surface area contributed by atoms with Crippen molar-refractivity contribution < 1.29 is 65.7 Å². The lowest BCUT2D eigenvalue weighted by atomic mass is 10.0. The zero-order valence-corrected chi connectivity index (χ0v) is 39.2. The van der Waals surface area contributed by atoms with Crippen LogP contribution in [-0.2, 0) is 39.3 Å². The number of aromatic nitrogens is 4. The molecule has 0 saturated carbocycles. The predicted octanol–water partition coefficient (Wildman–Crippen LogP) is 5.09. The number of carbonyl (C=O) groups excluding carboxylic acids is 2. The van der Waals surface area contributed by atoms with Crippen molar-refractivity contribution in [3.63, 3.8) is 0 Å². The average Bonchev–Trinajstić information content (AvgIpc) is 3.79. The Morgan fingerprint density at radius 3 is 2.29 bits per heavy atom. The van der Waals surface area contributed by atoms with Crippen LogP contribution < -0.4 is 20.7 Å². The van der Waals surface area contributed by atoms with E-state index in [1.165, 1.54) is 12.7 Å². The Labute approximate surface area is 381 Å². The third kappa shape index (κ3) is 10.9. The molecule has 0 radical (unpaired) electrons. The van der Waals surface area contributed by atoms with Crippen LogP contribution in [0.1, 0.15) is 25.6 Å². The van der Waals surface area contributed by atoms with Crippen molar-refractivity contribution in [2.75, 3.05) is 25.0 Å². The number of phosphoric acid groups is 1. The van der Waals surface area contributed by atoms with E-state index in [0.717, 1.165) is 0 Å². The van der Waals surface area contributed by atoms with Gasteiger partial charge in [-0.15, -0.1) is 0 Å². The minimum Gasteiger partial charge on any atom is -0.506 e. The molecule has 5 atom stereocenters. The fraction of sp³-hybridized carbons (Fsp3) is 0.406. The second-order valence-electron chi connectivity index (χ2n) is 13.1. The molecule has 0 aliphatic carbocycles. The van der Waals surface area contributed by atoms with E-state index < -0.39 is 68.8 Å². The van der Waals surface area contributed by atoms with Gasteiger partial charge in [-0.05, 0) is 134 Å². The van der Waals surface area contributed by atoms with E-state index >= 15 is 0 Å². The molecule has 2 fully saturated rings. The number of rotatable bonds is 14. The van der Waals surface area contributed by atoms with Crippen LogP contribution in [0.2, 0.25) is 0 Å². The summed E-state index contributed by atoms with van der Waals surface area (Å²) in [7, 11) is -4.81. The van der Waals surface area contributed by atoms with E-state index in [1.54, 1.807) is 48.0 Å². The van der Waals surface area contributed by atoms with Crippen LogP contribution in [-0.4, -0.2) is 102 Å². The van der Waals surface area contributed by atoms with Gasteiger partial charge in [0.05, 0.1) is 27.2 Å². The number of ether oxygens (including phenoxy) is 4. The number of phenolic OH excluding ortho intramolecular Hbond substituents is 1. The van der Waals surface area contributed by atoms with Gasteiger partial charge in [-0.1, -0.05) is 0 Å². The fourth-order valence-corrected chi connectivity index (χ4v) is 10.2. The number of imidazole rings is 1. The van der Waals surface area contributed by atoms with Crippen molar-refractivity contribution >= 4 is 127 Å². The molecule has 6 rings (SSSR count). The third-order valence-electron chi connectivity index (χ3n) is 8.47. The Balaban J connectivity index is 1.12. The molecule has 2 amide bonds. The largest absolute Gasteiger partial charge is 0.506 e. The first-order chi connectivity index (χ1) is 27.1. The van der Waals surface area contributed by atoms with Crippen LogP contribution in [0.5, 0.6) is 17.2 Å². The summed E-state index contributed by atoms with van der Waals surface area (Å²) in [5.41, 5.74) is 1.02. The molecule has 2 aliphatic rings. The lowest BCUT2D eigenvalue weighted by Crippen LogP contribution is -2.52. The van der Waals surface area contributed by atoms with Crippen molar-refractivity contribution in [2.45, 2.75) is 62.8 Å². The van der Waals surface area contributed by atoms with Crippen LogP contribution in [0.15, 0.2) is 36.9 Å². The summed E-state index contributed by atoms with van der Waals surface area (Å²) in [6.07, 6.45) is -6.16. The summed E-state index contributed by atoms with van der Waals surface area (Å²) < 4.78 is 84.1. The average molecular weight is 1290 g/mol. The molecule has 4 heterocycles. The number of phenols is 1. The lowest BCUT2D eigenvalue weighted by molar-refractivity contribution is -0.199. The van der Waals surface area contributed by atoms with Crippen LogP contribution in [0, 0.1) is 14.3 Å². The molecule has 6 N–H and O–H groups in total. The summed E-state index contributed by atoms with van der Waals surface area (Å²) in [6, 6.07) is 4.96. The van der Waals surface area contributed by atoms with E-state index in [1.807, 2.05) is 90.4 Å². The molecular weight excluding hydrogens is 1250 g/mol. The number of hydrogen-bond donors (Lipinski definition) is 6. The van der Waals surface area contributed by atoms with E-state index in [0.29, 0.717) is 37.0 Å². The van der Waals surface area contributed by atoms with Gasteiger partial charge in [-0.3, -0.25) is 18.7 Å². The van der Waals surface area contributed by atoms with Gasteiger partial charge in [0.25, 0.3) is 0 Å². The first-order valence-corrected chi connectivity index (χ1v) is 22.6. The number of hydrogen-bond acceptors (Lipinski definition) is 13. The molecule has 2 aromatic heterocycles. The number of aromatic hydroxyl groups is 1. The molecule has 314 valence electrons. The van der Waals surface area contributed by atoms with Crippen LogP contribution in [0.3, 0.4) is 0 Å². The lowest BCUT2D eigenvalue weighted by Gasteiger charge is -2.24. The SMILES string of the molecule is CC1(C)O[C@@H]2[C@H](O1)[C@@H](COP(=O)(O)O)O[C@H]2n1cnc2c(NCCNC(=O)[C@H](Cc3cc(I)c(Oc4cc(I)c(O)c(I)c4)c(I)c3)NC(=O)C(F)(F)F)ncnc21. The maximum absolute atomic E-state index is 13.3. The highest BCUT2D eigenvalue weighted by Gasteiger charge is 2.56. The Morgan fingerprint density at radius 1 is 1.00 bits per heavy atom. The Bertz CT molecular complexity index is 2220. The number of nitrogens with zero attached hydrogens (tertiary/aromatic N) is 4. The van der Waals surface area contributed by atoms with Crippen molar-refractivity contribution in [3.8, 4) is 17.2 Å². The molecule has 4 aromatic rings. The fourth-order valence-electron chi connectivity index (χ4n) is 6.08. The number of benzene rings is 2. The quantitative estimate of drug-likeness (QED) is 0.0548. The van der Waals surface area contributed by atoms with E-state index in [-0.39, 0.29) is 36.6 Å². The van der Waals surface area contributed by atoms with Crippen molar-refractivity contribution in [1.82, 2.24) is 30.2 Å². The van der Waals surface area contributed by atoms with E-state index in [4.69, 9.17) is 18.9 Å². The summed E-state index contributed by atoms with van der Waals surface area (Å²) in [5, 5.41) is 17.5. The second-order valence-corrected chi connectivity index (χ2v) is 19.0. The topological polar surface area (TPSA) is 238 Å². The Hall–Kier alpha value is -1.97. The first kappa shape index (κ1) is 45.6. The molecule has 18 nitrogen and oxygen atoms in total. The van der Waals surface area contributed by atoms with Gasteiger partial charge >= 0.3 is 19.9 Å². The number of alkyl halides is 3. The summed E-state index contributed by atoms with van der Waals surface area (Å²) in [4.78, 5) is 56.7. The number of phosphoric ester groups is 1. The maximum atomic E-state index is 13.3. The van der Waals surface area contributed by atoms with Crippen LogP contribution in [0.4, 0.5) is 19.0 Å². The summed E-state index contributed by atoms with van der Waals surface area (Å²) >= 11 is 7.96. The van der Waals surface area contributed by atoms with Gasteiger partial charge in [-0.25, -0.2) is 19.5 Å². The number of fused-ring (bicyclic) bond motifs is 2. The highest BCUT2D eigenvalue weighted by molar-refractivity contribution is 14.1. The van der Waals surface area contributed by atoms with Gasteiger partial charge < -0.3 is 49.8 Å². The standard InChI is InChI=1S/C32H31F3I4N7O11P/c1-31(2)56-24-20(10-53-58(50,51)52)55-29(25(24)57-31)46-12-44-21-26(42-11-43-27(21)46)40-3-4-41-28(48)19(45-30(49)32(33,34)35)7-13-5-17(38)23(18(39)6-13)54-14-8-15(36)22(47)16(37)9-14/h5-6,8-9,11-12,19-20,24-25,29,47H,3-4,7,10H2,1-2H3,(H,41,48)(H,45,49)(H,40,42,43)(H2,50,51,52)/t19-,20+,24+,25+,29+/m0/s1. The van der Waals surface area contributed by atoms with Crippen molar-refractivity contribution in [2.24, 2.45) is 0 Å². The number of carbonyl (C=O) groups is 2. The van der Waals surface area contributed by atoms with Gasteiger partial charge in [0.1, 0.15) is 42.2 Å². The normalized spacial score (nSPS) is 20.8. The van der Waals surface area contributed by atoms with E-state index in [2.05, 4.69) is 30.1 Å². The van der Waals surface area contributed by atoms with Gasteiger partial charge in [0, 0.05) is 19.5 Å². The molecule has 2 aliphatic heterocycles. The second kappa shape index (κ2) is 18.2. The van der Waals surface area contributed by atoms with Crippen molar-refractivity contribution in [1.29, 1.82) is 0 Å². The number of halogens is 7. The minimum atomic E-state index is -5.24. The van der Waals surface area contributed by atoms with Crippen LogP contribution in [0.25, 0.3) is 11.2 Å². The zero-order valence-electron chi connectivity index (χ0n) is 29.7. The summed E-state index contributed by atoms with van der Waals surface area (Å²) in [5.74, 6) is -2.92. The number of anilines is 1. The van der Waals surface area contributed by atoms with Crippen LogP contribution >= 0.6 is 98.2 Å². The molecule has 58 heavy (non-hydrogen) atoms. The maximum Gasteiger partial charge on any atom is 0.471 e. The highest BCUT2D eigenvalue weighted by Crippen LogP contribution is 2.46. The molecule has 2 saturated heterocycles. The zero-order chi connectivity index (χ0) is 42.3. The Kier molecular flexibility index (Phi) is 14.3. The molecular formula is C32H31F3I4N7O11P. The van der Waals surface area contributed by atoms with Crippen molar-refractivity contribution in [3.05, 3.63) is 56.8 Å². The monoisotopic (exact) mass is 1280 g/mol. The molecule has 0 spiro atoms. The van der Waals surface area contributed by atoms with E-state index in [9.17, 15) is 42.2 Å². The third-order valence-corrected chi connectivity index (χ3v) is 12.2.